The Bertz CT molecular complexity index is 307. The summed E-state index contributed by atoms with van der Waals surface area (Å²) in [7, 11) is 0. The average Bonchev–Trinajstić information content (AvgIpc) is 2.25. The number of carbonyl (C=O) groups is 1. The molecule has 0 spiro atoms. The van der Waals surface area contributed by atoms with Crippen molar-refractivity contribution in [2.45, 2.75) is 39.7 Å². The smallest absolute Gasteiger partial charge is 0.410 e. The first-order chi connectivity index (χ1) is 8.33. The van der Waals surface area contributed by atoms with Gasteiger partial charge >= 0.3 is 6.09 Å². The van der Waals surface area contributed by atoms with E-state index in [4.69, 9.17) is 9.84 Å². The number of rotatable bonds is 2. The number of nitrogens with zero attached hydrogens (tertiary/aromatic N) is 1. The van der Waals surface area contributed by atoms with Crippen molar-refractivity contribution in [3.63, 3.8) is 0 Å². The molecule has 4 nitrogen and oxygen atoms in total. The van der Waals surface area contributed by atoms with Gasteiger partial charge in [-0.25, -0.2) is 4.79 Å². The van der Waals surface area contributed by atoms with Crippen LogP contribution >= 0.6 is 0 Å². The van der Waals surface area contributed by atoms with Gasteiger partial charge in [-0.2, -0.15) is 0 Å². The van der Waals surface area contributed by atoms with Crippen LogP contribution in [-0.2, 0) is 4.74 Å². The summed E-state index contributed by atoms with van der Waals surface area (Å²) < 4.78 is 5.37. The van der Waals surface area contributed by atoms with Crippen molar-refractivity contribution in [1.29, 1.82) is 0 Å². The maximum absolute atomic E-state index is 11.9. The summed E-state index contributed by atoms with van der Waals surface area (Å²) in [5, 5.41) is 8.78. The quantitative estimate of drug-likeness (QED) is 0.771. The standard InChI is InChI=1S/C14H25NO3/c1-11-10-15(13(17)18-14(2,3)4)8-7-12(11)6-5-9-16/h5-6,11-12,16H,7-10H2,1-4H3/b6-5+. The number of aliphatic hydroxyl groups excluding tert-OH is 1. The van der Waals surface area contributed by atoms with Gasteiger partial charge in [-0.05, 0) is 39.0 Å². The van der Waals surface area contributed by atoms with E-state index in [1.807, 2.05) is 20.8 Å². The van der Waals surface area contributed by atoms with Gasteiger partial charge in [0.15, 0.2) is 0 Å². The highest BCUT2D eigenvalue weighted by Crippen LogP contribution is 2.25. The number of hydrogen-bond acceptors (Lipinski definition) is 3. The fourth-order valence-electron chi connectivity index (χ4n) is 2.18. The third-order valence-electron chi connectivity index (χ3n) is 3.11. The molecular formula is C14H25NO3. The first kappa shape index (κ1) is 15.0. The van der Waals surface area contributed by atoms with Gasteiger partial charge in [0.05, 0.1) is 6.61 Å². The minimum Gasteiger partial charge on any atom is -0.444 e. The van der Waals surface area contributed by atoms with Crippen molar-refractivity contribution in [1.82, 2.24) is 4.90 Å². The monoisotopic (exact) mass is 255 g/mol. The lowest BCUT2D eigenvalue weighted by atomic mass is 9.87. The molecule has 2 atom stereocenters. The molecule has 4 heteroatoms. The van der Waals surface area contributed by atoms with Crippen LogP contribution in [-0.4, -0.2) is 41.4 Å². The zero-order valence-electron chi connectivity index (χ0n) is 11.8. The van der Waals surface area contributed by atoms with Crippen LogP contribution in [0.1, 0.15) is 34.1 Å². The second-order valence-electron chi connectivity index (χ2n) is 5.97. The maximum Gasteiger partial charge on any atom is 0.410 e. The van der Waals surface area contributed by atoms with Crippen molar-refractivity contribution in [2.75, 3.05) is 19.7 Å². The van der Waals surface area contributed by atoms with E-state index in [0.717, 1.165) is 19.5 Å². The van der Waals surface area contributed by atoms with Crippen LogP contribution in [0.15, 0.2) is 12.2 Å². The summed E-state index contributed by atoms with van der Waals surface area (Å²) >= 11 is 0. The number of carbonyl (C=O) groups excluding carboxylic acids is 1. The molecule has 1 fully saturated rings. The van der Waals surface area contributed by atoms with E-state index in [0.29, 0.717) is 11.8 Å². The van der Waals surface area contributed by atoms with Crippen molar-refractivity contribution in [2.24, 2.45) is 11.8 Å². The lowest BCUT2D eigenvalue weighted by Gasteiger charge is -2.36. The molecule has 0 bridgehead atoms. The molecule has 1 aliphatic heterocycles. The van der Waals surface area contributed by atoms with E-state index in [-0.39, 0.29) is 12.7 Å². The van der Waals surface area contributed by atoms with Gasteiger partial charge in [-0.3, -0.25) is 0 Å². The number of hydrogen-bond donors (Lipinski definition) is 1. The molecule has 0 aromatic carbocycles. The summed E-state index contributed by atoms with van der Waals surface area (Å²) in [5.41, 5.74) is -0.437. The second kappa shape index (κ2) is 6.23. The molecule has 0 aromatic rings. The van der Waals surface area contributed by atoms with Crippen LogP contribution in [0.5, 0.6) is 0 Å². The van der Waals surface area contributed by atoms with Crippen LogP contribution in [0.2, 0.25) is 0 Å². The second-order valence-corrected chi connectivity index (χ2v) is 5.97. The molecule has 104 valence electrons. The first-order valence-corrected chi connectivity index (χ1v) is 6.59. The summed E-state index contributed by atoms with van der Waals surface area (Å²) in [6, 6.07) is 0. The third-order valence-corrected chi connectivity index (χ3v) is 3.11. The number of likely N-dealkylation sites (tertiary alicyclic amines) is 1. The maximum atomic E-state index is 11.9. The highest BCUT2D eigenvalue weighted by molar-refractivity contribution is 5.68. The number of aliphatic hydroxyl groups is 1. The largest absolute Gasteiger partial charge is 0.444 e. The molecule has 0 aromatic heterocycles. The zero-order valence-corrected chi connectivity index (χ0v) is 11.8. The highest BCUT2D eigenvalue weighted by atomic mass is 16.6. The molecule has 1 saturated heterocycles. The van der Waals surface area contributed by atoms with Crippen molar-refractivity contribution < 1.29 is 14.6 Å². The number of ether oxygens (including phenoxy) is 1. The molecular weight excluding hydrogens is 230 g/mol. The van der Waals surface area contributed by atoms with Gasteiger partial charge in [0.2, 0.25) is 0 Å². The Morgan fingerprint density at radius 2 is 2.17 bits per heavy atom. The van der Waals surface area contributed by atoms with Crippen LogP contribution in [0, 0.1) is 11.8 Å². The topological polar surface area (TPSA) is 49.8 Å². The minimum atomic E-state index is -0.437. The Balaban J connectivity index is 2.50. The van der Waals surface area contributed by atoms with Crippen molar-refractivity contribution in [3.05, 3.63) is 12.2 Å². The fraction of sp³-hybridized carbons (Fsp3) is 0.786. The lowest BCUT2D eigenvalue weighted by Crippen LogP contribution is -2.44. The Kier molecular flexibility index (Phi) is 5.20. The van der Waals surface area contributed by atoms with Gasteiger partial charge in [0, 0.05) is 13.1 Å². The molecule has 1 aliphatic rings. The molecule has 18 heavy (non-hydrogen) atoms. The molecule has 1 rings (SSSR count). The Labute approximate surface area is 110 Å². The molecule has 2 unspecified atom stereocenters. The zero-order chi connectivity index (χ0) is 13.8. The predicted octanol–water partition coefficient (Wildman–Crippen LogP) is 2.43. The molecule has 0 aliphatic carbocycles. The fourth-order valence-corrected chi connectivity index (χ4v) is 2.18. The van der Waals surface area contributed by atoms with E-state index in [1.54, 1.807) is 11.0 Å². The molecule has 1 heterocycles. The van der Waals surface area contributed by atoms with E-state index in [2.05, 4.69) is 13.0 Å². The van der Waals surface area contributed by atoms with Crippen molar-refractivity contribution in [3.8, 4) is 0 Å². The van der Waals surface area contributed by atoms with Crippen LogP contribution in [0.25, 0.3) is 0 Å². The van der Waals surface area contributed by atoms with E-state index < -0.39 is 5.60 Å². The average molecular weight is 255 g/mol. The summed E-state index contributed by atoms with van der Waals surface area (Å²) in [5.74, 6) is 0.838. The SMILES string of the molecule is CC1CN(C(=O)OC(C)(C)C)CCC1/C=C/CO. The first-order valence-electron chi connectivity index (χ1n) is 6.59. The van der Waals surface area contributed by atoms with Gasteiger partial charge in [-0.15, -0.1) is 0 Å². The Hall–Kier alpha value is -1.03. The van der Waals surface area contributed by atoms with Gasteiger partial charge < -0.3 is 14.7 Å². The highest BCUT2D eigenvalue weighted by Gasteiger charge is 2.29. The number of piperidine rings is 1. The van der Waals surface area contributed by atoms with Crippen LogP contribution < -0.4 is 0 Å². The summed E-state index contributed by atoms with van der Waals surface area (Å²) in [6.07, 6.45) is 4.54. The Morgan fingerprint density at radius 3 is 2.67 bits per heavy atom. The van der Waals surface area contributed by atoms with Crippen LogP contribution in [0.3, 0.4) is 0 Å². The van der Waals surface area contributed by atoms with E-state index in [9.17, 15) is 4.79 Å². The predicted molar refractivity (Wildman–Crippen MR) is 71.3 cm³/mol. The summed E-state index contributed by atoms with van der Waals surface area (Å²) in [6.45, 7) is 9.29. The summed E-state index contributed by atoms with van der Waals surface area (Å²) in [4.78, 5) is 13.7. The molecule has 1 amide bonds. The van der Waals surface area contributed by atoms with Crippen LogP contribution in [0.4, 0.5) is 4.79 Å². The molecule has 1 N–H and O–H groups in total. The van der Waals surface area contributed by atoms with E-state index >= 15 is 0 Å². The third kappa shape index (κ3) is 4.69. The Morgan fingerprint density at radius 1 is 1.50 bits per heavy atom. The molecule has 0 radical (unpaired) electrons. The van der Waals surface area contributed by atoms with Gasteiger partial charge in [0.25, 0.3) is 0 Å². The number of allylic oxidation sites excluding steroid dienone is 1. The lowest BCUT2D eigenvalue weighted by molar-refractivity contribution is 0.0141. The number of amides is 1. The van der Waals surface area contributed by atoms with Gasteiger partial charge in [0.1, 0.15) is 5.60 Å². The molecule has 0 saturated carbocycles. The van der Waals surface area contributed by atoms with E-state index in [1.165, 1.54) is 0 Å². The normalized spacial score (nSPS) is 25.5. The van der Waals surface area contributed by atoms with Crippen molar-refractivity contribution >= 4 is 6.09 Å². The minimum absolute atomic E-state index is 0.0823. The van der Waals surface area contributed by atoms with Gasteiger partial charge in [-0.1, -0.05) is 19.1 Å².